The molecular weight excluding hydrogens is 340 g/mol. The smallest absolute Gasteiger partial charge is 0.144 e. The summed E-state index contributed by atoms with van der Waals surface area (Å²) in [7, 11) is 0. The molecule has 0 saturated carbocycles. The molecule has 1 aromatic rings. The summed E-state index contributed by atoms with van der Waals surface area (Å²) < 4.78 is 33.5. The minimum absolute atomic E-state index is 0.00998. The van der Waals surface area contributed by atoms with Crippen LogP contribution in [0.3, 0.4) is 0 Å². The van der Waals surface area contributed by atoms with E-state index in [1.807, 2.05) is 11.8 Å². The molecule has 2 nitrogen and oxygen atoms in total. The molecule has 1 heterocycles. The topological polar surface area (TPSA) is 12.5 Å². The summed E-state index contributed by atoms with van der Waals surface area (Å²) in [6.07, 6.45) is -0.0838. The van der Waals surface area contributed by atoms with Gasteiger partial charge in [-0.3, -0.25) is 4.90 Å². The third-order valence-corrected chi connectivity index (χ3v) is 4.05. The van der Waals surface area contributed by atoms with Crippen LogP contribution in [0.5, 0.6) is 0 Å². The van der Waals surface area contributed by atoms with Gasteiger partial charge < -0.3 is 4.74 Å². The van der Waals surface area contributed by atoms with Crippen molar-refractivity contribution in [2.24, 2.45) is 0 Å². The number of alkyl halides is 1. The van der Waals surface area contributed by atoms with E-state index in [-0.39, 0.29) is 28.8 Å². The second kappa shape index (κ2) is 6.48. The maximum atomic E-state index is 13.9. The molecule has 0 radical (unpaired) electrons. The Balaban J connectivity index is 2.14. The van der Waals surface area contributed by atoms with Crippen LogP contribution in [0.1, 0.15) is 12.5 Å². The highest BCUT2D eigenvalue weighted by Crippen LogP contribution is 2.24. The van der Waals surface area contributed by atoms with Crippen molar-refractivity contribution in [1.82, 2.24) is 4.90 Å². The van der Waals surface area contributed by atoms with Crippen LogP contribution in [-0.4, -0.2) is 36.1 Å². The zero-order chi connectivity index (χ0) is 14.0. The van der Waals surface area contributed by atoms with E-state index >= 15 is 0 Å². The molecule has 1 aliphatic heterocycles. The molecule has 1 aromatic carbocycles. The molecular formula is C13H15BrClF2NO. The number of halogens is 4. The molecule has 0 aliphatic carbocycles. The third kappa shape index (κ3) is 3.66. The van der Waals surface area contributed by atoms with Gasteiger partial charge in [0.05, 0.1) is 16.7 Å². The average molecular weight is 355 g/mol. The molecule has 0 bridgehead atoms. The van der Waals surface area contributed by atoms with Crippen molar-refractivity contribution in [3.8, 4) is 0 Å². The molecule has 1 saturated heterocycles. The fourth-order valence-electron chi connectivity index (χ4n) is 2.29. The first-order valence-corrected chi connectivity index (χ1v) is 7.40. The van der Waals surface area contributed by atoms with Gasteiger partial charge in [-0.1, -0.05) is 0 Å². The van der Waals surface area contributed by atoms with Crippen LogP contribution in [0.2, 0.25) is 0 Å². The van der Waals surface area contributed by atoms with E-state index < -0.39 is 11.6 Å². The van der Waals surface area contributed by atoms with Gasteiger partial charge in [0.2, 0.25) is 0 Å². The largest absolute Gasteiger partial charge is 0.371 e. The van der Waals surface area contributed by atoms with Crippen molar-refractivity contribution in [2.75, 3.05) is 19.0 Å². The second-order valence-electron chi connectivity index (χ2n) is 4.74. The molecule has 19 heavy (non-hydrogen) atoms. The zero-order valence-corrected chi connectivity index (χ0v) is 12.8. The maximum absolute atomic E-state index is 13.9. The summed E-state index contributed by atoms with van der Waals surface area (Å²) in [5.74, 6) is -0.687. The van der Waals surface area contributed by atoms with Gasteiger partial charge in [0, 0.05) is 31.1 Å². The Labute approximate surface area is 124 Å². The van der Waals surface area contributed by atoms with Crippen LogP contribution in [-0.2, 0) is 11.3 Å². The number of morpholine rings is 1. The van der Waals surface area contributed by atoms with E-state index in [9.17, 15) is 8.78 Å². The lowest BCUT2D eigenvalue weighted by atomic mass is 10.1. The van der Waals surface area contributed by atoms with Crippen molar-refractivity contribution < 1.29 is 13.5 Å². The van der Waals surface area contributed by atoms with Gasteiger partial charge in [-0.15, -0.1) is 11.6 Å². The maximum Gasteiger partial charge on any atom is 0.144 e. The number of nitrogens with zero attached hydrogens (tertiary/aromatic N) is 1. The minimum Gasteiger partial charge on any atom is -0.371 e. The Kier molecular flexibility index (Phi) is 5.17. The van der Waals surface area contributed by atoms with Crippen molar-refractivity contribution in [3.05, 3.63) is 33.8 Å². The SMILES string of the molecule is CC1CN(Cc2c(F)ccc(Br)c2F)CC(CCl)O1. The standard InChI is InChI=1S/C13H15BrClF2NO/c1-8-5-18(6-9(4-15)19-8)7-10-12(16)3-2-11(14)13(10)17/h2-3,8-9H,4-7H2,1H3. The lowest BCUT2D eigenvalue weighted by Gasteiger charge is -2.36. The molecule has 2 rings (SSSR count). The lowest BCUT2D eigenvalue weighted by molar-refractivity contribution is -0.0693. The average Bonchev–Trinajstić information content (AvgIpc) is 2.38. The summed E-state index contributed by atoms with van der Waals surface area (Å²) in [6, 6.07) is 2.64. The van der Waals surface area contributed by atoms with Gasteiger partial charge in [0.25, 0.3) is 0 Å². The van der Waals surface area contributed by atoms with Gasteiger partial charge in [-0.05, 0) is 35.0 Å². The van der Waals surface area contributed by atoms with Gasteiger partial charge in [0.1, 0.15) is 11.6 Å². The molecule has 0 N–H and O–H groups in total. The zero-order valence-electron chi connectivity index (χ0n) is 10.5. The molecule has 1 fully saturated rings. The lowest BCUT2D eigenvalue weighted by Crippen LogP contribution is -2.47. The van der Waals surface area contributed by atoms with Crippen LogP contribution in [0.15, 0.2) is 16.6 Å². The minimum atomic E-state index is -0.540. The number of benzene rings is 1. The number of ether oxygens (including phenoxy) is 1. The molecule has 6 heteroatoms. The van der Waals surface area contributed by atoms with E-state index in [1.54, 1.807) is 0 Å². The Morgan fingerprint density at radius 1 is 1.42 bits per heavy atom. The van der Waals surface area contributed by atoms with Crippen molar-refractivity contribution in [1.29, 1.82) is 0 Å². The normalized spacial score (nSPS) is 24.7. The number of hydrogen-bond acceptors (Lipinski definition) is 2. The first-order valence-electron chi connectivity index (χ1n) is 6.07. The first-order chi connectivity index (χ1) is 9.01. The molecule has 0 amide bonds. The van der Waals surface area contributed by atoms with Crippen molar-refractivity contribution in [3.63, 3.8) is 0 Å². The Hall–Kier alpha value is -0.230. The molecule has 0 spiro atoms. The summed E-state index contributed by atoms with van der Waals surface area (Å²) in [5.41, 5.74) is 0.0804. The van der Waals surface area contributed by atoms with Crippen LogP contribution in [0.4, 0.5) is 8.78 Å². The fourth-order valence-corrected chi connectivity index (χ4v) is 2.83. The molecule has 2 atom stereocenters. The van der Waals surface area contributed by atoms with E-state index in [0.717, 1.165) is 0 Å². The van der Waals surface area contributed by atoms with E-state index in [4.69, 9.17) is 16.3 Å². The van der Waals surface area contributed by atoms with E-state index in [0.29, 0.717) is 19.0 Å². The van der Waals surface area contributed by atoms with Gasteiger partial charge in [-0.2, -0.15) is 0 Å². The summed E-state index contributed by atoms with van der Waals surface area (Å²) in [5, 5.41) is 0. The molecule has 2 unspecified atom stereocenters. The number of rotatable bonds is 3. The van der Waals surface area contributed by atoms with Crippen LogP contribution < -0.4 is 0 Å². The molecule has 106 valence electrons. The Morgan fingerprint density at radius 3 is 2.84 bits per heavy atom. The highest BCUT2D eigenvalue weighted by molar-refractivity contribution is 9.10. The highest BCUT2D eigenvalue weighted by Gasteiger charge is 2.26. The van der Waals surface area contributed by atoms with Crippen molar-refractivity contribution >= 4 is 27.5 Å². The van der Waals surface area contributed by atoms with Gasteiger partial charge in [-0.25, -0.2) is 8.78 Å². The third-order valence-electron chi connectivity index (χ3n) is 3.09. The van der Waals surface area contributed by atoms with Gasteiger partial charge >= 0.3 is 0 Å². The molecule has 1 aliphatic rings. The summed E-state index contributed by atoms with van der Waals surface area (Å²) in [6.45, 7) is 3.37. The highest BCUT2D eigenvalue weighted by atomic mass is 79.9. The van der Waals surface area contributed by atoms with E-state index in [2.05, 4.69) is 15.9 Å². The van der Waals surface area contributed by atoms with Crippen molar-refractivity contribution in [2.45, 2.75) is 25.7 Å². The first kappa shape index (κ1) is 15.2. The fraction of sp³-hybridized carbons (Fsp3) is 0.538. The predicted molar refractivity (Wildman–Crippen MR) is 74.4 cm³/mol. The predicted octanol–water partition coefficient (Wildman–Crippen LogP) is 3.56. The van der Waals surface area contributed by atoms with Crippen LogP contribution >= 0.6 is 27.5 Å². The van der Waals surface area contributed by atoms with E-state index in [1.165, 1.54) is 12.1 Å². The van der Waals surface area contributed by atoms with Crippen LogP contribution in [0, 0.1) is 11.6 Å². The monoisotopic (exact) mass is 353 g/mol. The Bertz CT molecular complexity index is 461. The Morgan fingerprint density at radius 2 is 2.16 bits per heavy atom. The second-order valence-corrected chi connectivity index (χ2v) is 5.90. The summed E-state index contributed by atoms with van der Waals surface area (Å²) in [4.78, 5) is 1.97. The molecule has 0 aromatic heterocycles. The summed E-state index contributed by atoms with van der Waals surface area (Å²) >= 11 is 8.87. The quantitative estimate of drug-likeness (QED) is 0.608. The number of hydrogen-bond donors (Lipinski definition) is 0. The van der Waals surface area contributed by atoms with Gasteiger partial charge in [0.15, 0.2) is 0 Å². The van der Waals surface area contributed by atoms with Crippen LogP contribution in [0.25, 0.3) is 0 Å².